The standard InChI is InChI=1S/C10H15ClN2S/c1-7(14-2)6-13-10-8(11)4-3-5-9(10)12/h3-5,7,13H,6,12H2,1-2H3. The molecule has 1 unspecified atom stereocenters. The summed E-state index contributed by atoms with van der Waals surface area (Å²) in [5.41, 5.74) is 7.34. The second-order valence-electron chi connectivity index (χ2n) is 3.13. The Morgan fingerprint density at radius 3 is 2.86 bits per heavy atom. The number of benzene rings is 1. The highest BCUT2D eigenvalue weighted by atomic mass is 35.5. The Morgan fingerprint density at radius 2 is 2.29 bits per heavy atom. The summed E-state index contributed by atoms with van der Waals surface area (Å²) in [6.07, 6.45) is 2.09. The Labute approximate surface area is 94.2 Å². The first kappa shape index (κ1) is 11.5. The van der Waals surface area contributed by atoms with Crippen molar-refractivity contribution in [1.82, 2.24) is 0 Å². The zero-order valence-electron chi connectivity index (χ0n) is 8.38. The molecule has 0 aliphatic heterocycles. The molecule has 1 aromatic rings. The quantitative estimate of drug-likeness (QED) is 0.781. The molecule has 1 aromatic carbocycles. The van der Waals surface area contributed by atoms with Crippen molar-refractivity contribution in [1.29, 1.82) is 0 Å². The van der Waals surface area contributed by atoms with E-state index in [9.17, 15) is 0 Å². The van der Waals surface area contributed by atoms with Gasteiger partial charge >= 0.3 is 0 Å². The van der Waals surface area contributed by atoms with E-state index >= 15 is 0 Å². The second-order valence-corrected chi connectivity index (χ2v) is 4.81. The highest BCUT2D eigenvalue weighted by Crippen LogP contribution is 2.27. The highest BCUT2D eigenvalue weighted by molar-refractivity contribution is 7.99. The van der Waals surface area contributed by atoms with Gasteiger partial charge < -0.3 is 11.1 Å². The van der Waals surface area contributed by atoms with Gasteiger partial charge in [0.2, 0.25) is 0 Å². The number of rotatable bonds is 4. The maximum Gasteiger partial charge on any atom is 0.0763 e. The molecule has 0 fully saturated rings. The number of hydrogen-bond donors (Lipinski definition) is 2. The number of nitrogen functional groups attached to an aromatic ring is 1. The van der Waals surface area contributed by atoms with Crippen LogP contribution in [0.25, 0.3) is 0 Å². The lowest BCUT2D eigenvalue weighted by atomic mass is 10.2. The largest absolute Gasteiger partial charge is 0.397 e. The molecule has 0 amide bonds. The first-order chi connectivity index (χ1) is 6.65. The summed E-state index contributed by atoms with van der Waals surface area (Å²) < 4.78 is 0. The van der Waals surface area contributed by atoms with Gasteiger partial charge in [0, 0.05) is 11.8 Å². The third-order valence-electron chi connectivity index (χ3n) is 2.01. The minimum Gasteiger partial charge on any atom is -0.397 e. The average Bonchev–Trinajstić information content (AvgIpc) is 2.16. The molecule has 0 aliphatic rings. The summed E-state index contributed by atoms with van der Waals surface area (Å²) in [5, 5.41) is 4.48. The van der Waals surface area contributed by atoms with Crippen LogP contribution < -0.4 is 11.1 Å². The fourth-order valence-corrected chi connectivity index (χ4v) is 1.56. The van der Waals surface area contributed by atoms with Gasteiger partial charge in [-0.3, -0.25) is 0 Å². The van der Waals surface area contributed by atoms with E-state index < -0.39 is 0 Å². The van der Waals surface area contributed by atoms with Gasteiger partial charge in [0.05, 0.1) is 16.4 Å². The van der Waals surface area contributed by atoms with E-state index in [1.807, 2.05) is 30.0 Å². The van der Waals surface area contributed by atoms with Crippen LogP contribution >= 0.6 is 23.4 Å². The molecule has 0 bridgehead atoms. The Bertz CT molecular complexity index is 284. The van der Waals surface area contributed by atoms with E-state index in [4.69, 9.17) is 17.3 Å². The van der Waals surface area contributed by atoms with Crippen molar-refractivity contribution in [3.05, 3.63) is 23.2 Å². The minimum absolute atomic E-state index is 0.547. The summed E-state index contributed by atoms with van der Waals surface area (Å²) in [6, 6.07) is 5.53. The molecule has 14 heavy (non-hydrogen) atoms. The normalized spacial score (nSPS) is 12.5. The lowest BCUT2D eigenvalue weighted by Gasteiger charge is -2.14. The minimum atomic E-state index is 0.547. The number of para-hydroxylation sites is 1. The topological polar surface area (TPSA) is 38.0 Å². The smallest absolute Gasteiger partial charge is 0.0763 e. The van der Waals surface area contributed by atoms with E-state index in [1.165, 1.54) is 0 Å². The summed E-state index contributed by atoms with van der Waals surface area (Å²) in [5.74, 6) is 0. The Kier molecular flexibility index (Phi) is 4.42. The van der Waals surface area contributed by atoms with Gasteiger partial charge in [-0.05, 0) is 18.4 Å². The molecular weight excluding hydrogens is 216 g/mol. The summed E-state index contributed by atoms with van der Waals surface area (Å²) in [4.78, 5) is 0. The average molecular weight is 231 g/mol. The van der Waals surface area contributed by atoms with Crippen molar-refractivity contribution in [2.75, 3.05) is 23.9 Å². The van der Waals surface area contributed by atoms with E-state index in [-0.39, 0.29) is 0 Å². The van der Waals surface area contributed by atoms with Gasteiger partial charge in [-0.1, -0.05) is 24.6 Å². The molecule has 1 rings (SSSR count). The fraction of sp³-hybridized carbons (Fsp3) is 0.400. The monoisotopic (exact) mass is 230 g/mol. The third kappa shape index (κ3) is 3.00. The molecule has 0 saturated heterocycles. The van der Waals surface area contributed by atoms with Crippen molar-refractivity contribution in [2.24, 2.45) is 0 Å². The van der Waals surface area contributed by atoms with Crippen molar-refractivity contribution < 1.29 is 0 Å². The van der Waals surface area contributed by atoms with E-state index in [1.54, 1.807) is 0 Å². The van der Waals surface area contributed by atoms with Crippen LogP contribution in [0.4, 0.5) is 11.4 Å². The molecule has 0 aromatic heterocycles. The van der Waals surface area contributed by atoms with Crippen molar-refractivity contribution in [3.8, 4) is 0 Å². The van der Waals surface area contributed by atoms with Gasteiger partial charge in [0.25, 0.3) is 0 Å². The lowest BCUT2D eigenvalue weighted by molar-refractivity contribution is 1.00. The predicted molar refractivity (Wildman–Crippen MR) is 67.3 cm³/mol. The van der Waals surface area contributed by atoms with Gasteiger partial charge in [-0.15, -0.1) is 0 Å². The van der Waals surface area contributed by atoms with E-state index in [2.05, 4.69) is 18.5 Å². The fourth-order valence-electron chi connectivity index (χ4n) is 1.06. The summed E-state index contributed by atoms with van der Waals surface area (Å²) in [7, 11) is 0. The Balaban J connectivity index is 2.66. The van der Waals surface area contributed by atoms with Crippen molar-refractivity contribution in [2.45, 2.75) is 12.2 Å². The number of thioether (sulfide) groups is 1. The van der Waals surface area contributed by atoms with Gasteiger partial charge in [0.15, 0.2) is 0 Å². The van der Waals surface area contributed by atoms with Crippen LogP contribution in [0.1, 0.15) is 6.92 Å². The molecule has 0 spiro atoms. The van der Waals surface area contributed by atoms with Crippen LogP contribution in [0.5, 0.6) is 0 Å². The molecular formula is C10H15ClN2S. The van der Waals surface area contributed by atoms with Crippen LogP contribution in [0.2, 0.25) is 5.02 Å². The molecule has 0 heterocycles. The third-order valence-corrected chi connectivity index (χ3v) is 3.30. The predicted octanol–water partition coefficient (Wildman–Crippen LogP) is 3.09. The number of nitrogens with one attached hydrogen (secondary N) is 1. The first-order valence-corrected chi connectivity index (χ1v) is 6.12. The zero-order chi connectivity index (χ0) is 10.6. The number of nitrogens with two attached hydrogens (primary N) is 1. The lowest BCUT2D eigenvalue weighted by Crippen LogP contribution is -2.13. The maximum atomic E-state index is 6.01. The SMILES string of the molecule is CSC(C)CNc1c(N)cccc1Cl. The Morgan fingerprint density at radius 1 is 1.57 bits per heavy atom. The van der Waals surface area contributed by atoms with Crippen LogP contribution in [0, 0.1) is 0 Å². The Hall–Kier alpha value is -0.540. The van der Waals surface area contributed by atoms with Gasteiger partial charge in [-0.25, -0.2) is 0 Å². The molecule has 0 saturated carbocycles. The molecule has 78 valence electrons. The summed E-state index contributed by atoms with van der Waals surface area (Å²) >= 11 is 7.82. The number of anilines is 2. The molecule has 4 heteroatoms. The molecule has 2 nitrogen and oxygen atoms in total. The highest BCUT2D eigenvalue weighted by Gasteiger charge is 2.05. The van der Waals surface area contributed by atoms with E-state index in [0.29, 0.717) is 16.0 Å². The van der Waals surface area contributed by atoms with Gasteiger partial charge in [-0.2, -0.15) is 11.8 Å². The molecule has 0 radical (unpaired) electrons. The molecule has 1 atom stereocenters. The molecule has 3 N–H and O–H groups in total. The van der Waals surface area contributed by atoms with Crippen molar-refractivity contribution >= 4 is 34.7 Å². The number of halogens is 1. The first-order valence-electron chi connectivity index (χ1n) is 4.45. The van der Waals surface area contributed by atoms with Crippen LogP contribution in [0.3, 0.4) is 0 Å². The zero-order valence-corrected chi connectivity index (χ0v) is 9.95. The van der Waals surface area contributed by atoms with Crippen LogP contribution in [0.15, 0.2) is 18.2 Å². The number of hydrogen-bond acceptors (Lipinski definition) is 3. The van der Waals surface area contributed by atoms with Crippen molar-refractivity contribution in [3.63, 3.8) is 0 Å². The maximum absolute atomic E-state index is 6.01. The van der Waals surface area contributed by atoms with Crippen LogP contribution in [-0.2, 0) is 0 Å². The summed E-state index contributed by atoms with van der Waals surface area (Å²) in [6.45, 7) is 3.03. The van der Waals surface area contributed by atoms with Gasteiger partial charge in [0.1, 0.15) is 0 Å². The molecule has 0 aliphatic carbocycles. The van der Waals surface area contributed by atoms with Crippen LogP contribution in [-0.4, -0.2) is 18.1 Å². The second kappa shape index (κ2) is 5.37. The van der Waals surface area contributed by atoms with E-state index in [0.717, 1.165) is 12.2 Å².